The van der Waals surface area contributed by atoms with E-state index >= 15 is 0 Å². The number of aromatic nitrogens is 2. The van der Waals surface area contributed by atoms with Crippen LogP contribution in [0.1, 0.15) is 96.1 Å². The van der Waals surface area contributed by atoms with Gasteiger partial charge in [-0.05, 0) is 82.3 Å². The second-order valence-electron chi connectivity index (χ2n) is 11.4. The number of nitrogens with zero attached hydrogens (tertiary/aromatic N) is 3. The lowest BCUT2D eigenvalue weighted by atomic mass is 9.71. The van der Waals surface area contributed by atoms with Crippen LogP contribution in [-0.4, -0.2) is 43.7 Å². The van der Waals surface area contributed by atoms with E-state index in [2.05, 4.69) is 44.5 Å². The fourth-order valence-corrected chi connectivity index (χ4v) is 6.46. The van der Waals surface area contributed by atoms with Crippen LogP contribution in [0, 0.1) is 11.3 Å². The second-order valence-corrected chi connectivity index (χ2v) is 11.4. The van der Waals surface area contributed by atoms with Crippen LogP contribution in [0.15, 0.2) is 29.1 Å². The van der Waals surface area contributed by atoms with Gasteiger partial charge in [0, 0.05) is 24.2 Å². The number of carbonyl (C=O) groups is 1. The number of benzene rings is 1. The lowest BCUT2D eigenvalue weighted by molar-refractivity contribution is 0.0600. The molecule has 33 heavy (non-hydrogen) atoms. The summed E-state index contributed by atoms with van der Waals surface area (Å²) < 4.78 is 1.67. The molecule has 2 aliphatic rings. The third kappa shape index (κ3) is 4.72. The molecule has 1 aromatic carbocycles. The number of hydrogen-bond donors (Lipinski definition) is 1. The maximum atomic E-state index is 13.1. The summed E-state index contributed by atoms with van der Waals surface area (Å²) in [6, 6.07) is 8.83. The van der Waals surface area contributed by atoms with Crippen molar-refractivity contribution < 1.29 is 9.90 Å². The van der Waals surface area contributed by atoms with Gasteiger partial charge in [0.05, 0.1) is 11.0 Å². The van der Waals surface area contributed by atoms with Crippen molar-refractivity contribution in [3.8, 4) is 0 Å². The molecule has 6 heteroatoms. The monoisotopic (exact) mass is 453 g/mol. The smallest absolute Gasteiger partial charge is 0.360 e. The number of para-hydroxylation sites is 2. The SMILES string of the molecule is C[C@H]1CC[C@@H](C[C@H](C)n2c(=O)c(C(=O)O)nc3ccccc32)N1C1CCC(C(C)(C)C)CC1. The van der Waals surface area contributed by atoms with Crippen molar-refractivity contribution in [3.63, 3.8) is 0 Å². The van der Waals surface area contributed by atoms with E-state index in [1.165, 1.54) is 32.1 Å². The number of likely N-dealkylation sites (tertiary alicyclic amines) is 1. The summed E-state index contributed by atoms with van der Waals surface area (Å²) in [7, 11) is 0. The molecule has 0 amide bonds. The number of hydrogen-bond acceptors (Lipinski definition) is 4. The molecule has 0 radical (unpaired) electrons. The molecule has 1 aliphatic heterocycles. The summed E-state index contributed by atoms with van der Waals surface area (Å²) in [5.74, 6) is -0.473. The Labute approximate surface area is 197 Å². The molecule has 0 unspecified atom stereocenters. The predicted octanol–water partition coefficient (Wildman–Crippen LogP) is 5.50. The Kier molecular flexibility index (Phi) is 6.68. The third-order valence-electron chi connectivity index (χ3n) is 8.24. The quantitative estimate of drug-likeness (QED) is 0.647. The molecule has 0 bridgehead atoms. The van der Waals surface area contributed by atoms with Gasteiger partial charge in [-0.1, -0.05) is 32.9 Å². The largest absolute Gasteiger partial charge is 0.476 e. The van der Waals surface area contributed by atoms with Crippen LogP contribution >= 0.6 is 0 Å². The maximum Gasteiger partial charge on any atom is 0.360 e. The van der Waals surface area contributed by atoms with E-state index in [-0.39, 0.29) is 6.04 Å². The molecular formula is C27H39N3O3. The van der Waals surface area contributed by atoms with E-state index in [4.69, 9.17) is 0 Å². The van der Waals surface area contributed by atoms with E-state index in [0.717, 1.165) is 18.8 Å². The molecule has 1 N–H and O–H groups in total. The van der Waals surface area contributed by atoms with Crippen LogP contribution in [0.3, 0.4) is 0 Å². The Hall–Kier alpha value is -2.21. The summed E-state index contributed by atoms with van der Waals surface area (Å²) in [5, 5.41) is 9.56. The van der Waals surface area contributed by atoms with Crippen molar-refractivity contribution >= 4 is 17.0 Å². The fourth-order valence-electron chi connectivity index (χ4n) is 6.46. The number of carboxylic acid groups (broad SMARTS) is 1. The predicted molar refractivity (Wildman–Crippen MR) is 132 cm³/mol. The molecule has 2 heterocycles. The number of rotatable bonds is 5. The Bertz CT molecular complexity index is 1060. The van der Waals surface area contributed by atoms with Crippen LogP contribution in [0.2, 0.25) is 0 Å². The van der Waals surface area contributed by atoms with Crippen LogP contribution < -0.4 is 5.56 Å². The number of aromatic carboxylic acids is 1. The zero-order valence-corrected chi connectivity index (χ0v) is 20.8. The zero-order chi connectivity index (χ0) is 23.9. The molecule has 0 spiro atoms. The first-order chi connectivity index (χ1) is 15.6. The van der Waals surface area contributed by atoms with Crippen molar-refractivity contribution in [2.24, 2.45) is 11.3 Å². The highest BCUT2D eigenvalue weighted by molar-refractivity contribution is 5.88. The average Bonchev–Trinajstić information content (AvgIpc) is 3.12. The number of carboxylic acids is 1. The molecule has 4 rings (SSSR count). The highest BCUT2D eigenvalue weighted by Crippen LogP contribution is 2.42. The summed E-state index contributed by atoms with van der Waals surface area (Å²) in [6.07, 6.45) is 8.23. The van der Waals surface area contributed by atoms with Gasteiger partial charge in [0.2, 0.25) is 5.69 Å². The first kappa shape index (κ1) is 23.9. The topological polar surface area (TPSA) is 75.4 Å². The van der Waals surface area contributed by atoms with Gasteiger partial charge in [-0.15, -0.1) is 0 Å². The van der Waals surface area contributed by atoms with Crippen molar-refractivity contribution in [1.29, 1.82) is 0 Å². The first-order valence-electron chi connectivity index (χ1n) is 12.6. The van der Waals surface area contributed by atoms with Gasteiger partial charge < -0.3 is 9.67 Å². The van der Waals surface area contributed by atoms with Gasteiger partial charge in [0.1, 0.15) is 0 Å². The molecule has 1 aromatic heterocycles. The molecular weight excluding hydrogens is 414 g/mol. The lowest BCUT2D eigenvalue weighted by Crippen LogP contribution is -2.46. The molecule has 2 aromatic rings. The second kappa shape index (κ2) is 9.21. The van der Waals surface area contributed by atoms with Gasteiger partial charge >= 0.3 is 5.97 Å². The van der Waals surface area contributed by atoms with E-state index in [0.29, 0.717) is 34.6 Å². The minimum Gasteiger partial charge on any atom is -0.476 e. The average molecular weight is 454 g/mol. The maximum absolute atomic E-state index is 13.1. The van der Waals surface area contributed by atoms with E-state index in [1.54, 1.807) is 10.6 Å². The molecule has 1 saturated heterocycles. The zero-order valence-electron chi connectivity index (χ0n) is 20.8. The molecule has 2 fully saturated rings. The normalized spacial score (nSPS) is 27.7. The fraction of sp³-hybridized carbons (Fsp3) is 0.667. The number of fused-ring (bicyclic) bond motifs is 1. The van der Waals surface area contributed by atoms with Gasteiger partial charge in [0.15, 0.2) is 0 Å². The molecule has 180 valence electrons. The third-order valence-corrected chi connectivity index (χ3v) is 8.24. The van der Waals surface area contributed by atoms with Gasteiger partial charge in [0.25, 0.3) is 5.56 Å². The minimum absolute atomic E-state index is 0.104. The van der Waals surface area contributed by atoms with Crippen molar-refractivity contribution in [1.82, 2.24) is 14.5 Å². The molecule has 1 aliphatic carbocycles. The summed E-state index contributed by atoms with van der Waals surface area (Å²) in [5.41, 5.74) is 0.748. The van der Waals surface area contributed by atoms with Crippen molar-refractivity contribution in [2.45, 2.75) is 104 Å². The lowest BCUT2D eigenvalue weighted by Gasteiger charge is -2.44. The Morgan fingerprint density at radius 1 is 1.12 bits per heavy atom. The Morgan fingerprint density at radius 2 is 1.79 bits per heavy atom. The Morgan fingerprint density at radius 3 is 2.42 bits per heavy atom. The molecule has 3 atom stereocenters. The Balaban J connectivity index is 1.58. The van der Waals surface area contributed by atoms with Gasteiger partial charge in [-0.3, -0.25) is 9.69 Å². The summed E-state index contributed by atoms with van der Waals surface area (Å²) in [6.45, 7) is 11.5. The van der Waals surface area contributed by atoms with Gasteiger partial charge in [-0.25, -0.2) is 9.78 Å². The van der Waals surface area contributed by atoms with Crippen LogP contribution in [0.25, 0.3) is 11.0 Å². The standard InChI is InChI=1S/C27H39N3O3/c1-17-10-13-21(29(17)20-14-11-19(12-15-20)27(3,4)5)16-18(2)30-23-9-7-6-8-22(23)28-24(25(30)31)26(32)33/h6-9,17-21H,10-16H2,1-5H3,(H,32,33)/t17-,18-,19?,20?,21-/m0/s1. The van der Waals surface area contributed by atoms with Crippen LogP contribution in [0.4, 0.5) is 0 Å². The van der Waals surface area contributed by atoms with Crippen LogP contribution in [-0.2, 0) is 0 Å². The van der Waals surface area contributed by atoms with Gasteiger partial charge in [-0.2, -0.15) is 0 Å². The first-order valence-corrected chi connectivity index (χ1v) is 12.6. The van der Waals surface area contributed by atoms with Crippen LogP contribution in [0.5, 0.6) is 0 Å². The molecule has 1 saturated carbocycles. The van der Waals surface area contributed by atoms with E-state index < -0.39 is 17.2 Å². The van der Waals surface area contributed by atoms with Crippen molar-refractivity contribution in [3.05, 3.63) is 40.3 Å². The molecule has 6 nitrogen and oxygen atoms in total. The highest BCUT2D eigenvalue weighted by atomic mass is 16.4. The minimum atomic E-state index is -1.27. The van der Waals surface area contributed by atoms with E-state index in [9.17, 15) is 14.7 Å². The highest BCUT2D eigenvalue weighted by Gasteiger charge is 2.39. The van der Waals surface area contributed by atoms with E-state index in [1.807, 2.05) is 18.2 Å². The van der Waals surface area contributed by atoms with Crippen molar-refractivity contribution in [2.75, 3.05) is 0 Å². The summed E-state index contributed by atoms with van der Waals surface area (Å²) >= 11 is 0. The summed E-state index contributed by atoms with van der Waals surface area (Å²) in [4.78, 5) is 31.7.